The Kier molecular flexibility index (Phi) is 8.82. The van der Waals surface area contributed by atoms with Crippen LogP contribution in [0.15, 0.2) is 66.9 Å². The molecule has 2 aromatic heterocycles. The minimum Gasteiger partial charge on any atom is -0.507 e. The normalized spacial score (nSPS) is 23.2. The summed E-state index contributed by atoms with van der Waals surface area (Å²) in [4.78, 5) is 33.9. The van der Waals surface area contributed by atoms with Gasteiger partial charge in [0, 0.05) is 29.8 Å². The minimum absolute atomic E-state index is 0.144. The standard InChI is InChI=1S/C39H43N7O4/c40-38-30(23-32(43-44-38)29-4-1-2-7-35(29)47)31-22-26(14-17-41-31)24-15-18-45(19-16-24)27-10-8-25(9-11-27)28-5-3-6-33-37(28)50-21-20-46(33)34-12-13-36(48)42-39(34)49/h1-7,14,17,22-25,27,34,47H,8-13,15-16,18-21H2,(H2,40,44)(H,42,48,49)/t25-,27-,34-/m1/s1. The highest BCUT2D eigenvalue weighted by atomic mass is 16.5. The smallest absolute Gasteiger partial charge is 0.249 e. The third-order valence-electron chi connectivity index (χ3n) is 11.2. The molecule has 11 nitrogen and oxygen atoms in total. The van der Waals surface area contributed by atoms with Gasteiger partial charge in [0.1, 0.15) is 24.1 Å². The van der Waals surface area contributed by atoms with Crippen molar-refractivity contribution in [2.45, 2.75) is 75.3 Å². The number of carbonyl (C=O) groups is 2. The van der Waals surface area contributed by atoms with E-state index in [1.807, 2.05) is 24.4 Å². The summed E-state index contributed by atoms with van der Waals surface area (Å²) in [6.45, 7) is 3.32. The molecule has 8 rings (SSSR count). The molecule has 3 aliphatic heterocycles. The van der Waals surface area contributed by atoms with Gasteiger partial charge in [-0.05, 0) is 117 Å². The van der Waals surface area contributed by atoms with Crippen LogP contribution in [0.4, 0.5) is 11.5 Å². The molecule has 2 amide bonds. The first kappa shape index (κ1) is 32.2. The van der Waals surface area contributed by atoms with Gasteiger partial charge >= 0.3 is 0 Å². The van der Waals surface area contributed by atoms with Gasteiger partial charge in [-0.2, -0.15) is 0 Å². The number of para-hydroxylation sites is 2. The fraction of sp³-hybridized carbons (Fsp3) is 0.410. The Bertz CT molecular complexity index is 1900. The van der Waals surface area contributed by atoms with Crippen molar-refractivity contribution < 1.29 is 19.4 Å². The number of phenols is 1. The van der Waals surface area contributed by atoms with E-state index in [-0.39, 0.29) is 23.6 Å². The van der Waals surface area contributed by atoms with Crippen molar-refractivity contribution in [3.05, 3.63) is 78.0 Å². The number of aromatic hydroxyl groups is 1. The van der Waals surface area contributed by atoms with Crippen molar-refractivity contribution in [2.75, 3.05) is 36.9 Å². The Labute approximate surface area is 291 Å². The molecule has 1 saturated carbocycles. The average molecular weight is 674 g/mol. The Morgan fingerprint density at radius 2 is 1.64 bits per heavy atom. The highest BCUT2D eigenvalue weighted by Crippen LogP contribution is 2.45. The lowest BCUT2D eigenvalue weighted by Crippen LogP contribution is -2.54. The molecule has 50 heavy (non-hydrogen) atoms. The number of rotatable bonds is 6. The molecule has 0 bridgehead atoms. The lowest BCUT2D eigenvalue weighted by molar-refractivity contribution is -0.134. The van der Waals surface area contributed by atoms with Crippen molar-refractivity contribution in [3.8, 4) is 34.0 Å². The molecule has 258 valence electrons. The average Bonchev–Trinajstić information content (AvgIpc) is 3.15. The number of aromatic nitrogens is 3. The summed E-state index contributed by atoms with van der Waals surface area (Å²) >= 11 is 0. The number of pyridine rings is 1. The number of nitrogens with one attached hydrogen (secondary N) is 1. The molecule has 5 heterocycles. The van der Waals surface area contributed by atoms with E-state index in [1.54, 1.807) is 12.1 Å². The van der Waals surface area contributed by atoms with Gasteiger partial charge in [-0.15, -0.1) is 10.2 Å². The molecule has 2 aromatic carbocycles. The third-order valence-corrected chi connectivity index (χ3v) is 11.2. The number of phenolic OH excluding ortho intramolecular Hbond substituents is 1. The number of amides is 2. The number of imide groups is 1. The summed E-state index contributed by atoms with van der Waals surface area (Å²) in [5.41, 5.74) is 12.4. The zero-order chi connectivity index (χ0) is 34.2. The second-order valence-corrected chi connectivity index (χ2v) is 14.0. The zero-order valence-corrected chi connectivity index (χ0v) is 28.1. The third kappa shape index (κ3) is 6.26. The Hall–Kier alpha value is -5.03. The van der Waals surface area contributed by atoms with E-state index in [9.17, 15) is 14.7 Å². The van der Waals surface area contributed by atoms with Gasteiger partial charge in [0.2, 0.25) is 11.8 Å². The minimum atomic E-state index is -0.336. The van der Waals surface area contributed by atoms with E-state index >= 15 is 0 Å². The summed E-state index contributed by atoms with van der Waals surface area (Å²) < 4.78 is 6.28. The van der Waals surface area contributed by atoms with Crippen molar-refractivity contribution >= 4 is 23.3 Å². The van der Waals surface area contributed by atoms with Crippen LogP contribution < -0.4 is 20.7 Å². The summed E-state index contributed by atoms with van der Waals surface area (Å²) in [7, 11) is 0. The number of nitrogen functional groups attached to an aromatic ring is 1. The fourth-order valence-corrected chi connectivity index (χ4v) is 8.54. The van der Waals surface area contributed by atoms with Gasteiger partial charge in [0.05, 0.1) is 23.6 Å². The quantitative estimate of drug-likeness (QED) is 0.227. The van der Waals surface area contributed by atoms with Crippen molar-refractivity contribution in [3.63, 3.8) is 0 Å². The molecular formula is C39H43N7O4. The van der Waals surface area contributed by atoms with Crippen LogP contribution in [0.25, 0.3) is 22.5 Å². The Morgan fingerprint density at radius 3 is 2.44 bits per heavy atom. The molecular weight excluding hydrogens is 630 g/mol. The van der Waals surface area contributed by atoms with Crippen LogP contribution >= 0.6 is 0 Å². The summed E-state index contributed by atoms with van der Waals surface area (Å²) in [6.07, 6.45) is 9.48. The Morgan fingerprint density at radius 1 is 0.820 bits per heavy atom. The molecule has 11 heteroatoms. The van der Waals surface area contributed by atoms with Crippen LogP contribution in [-0.2, 0) is 9.59 Å². The maximum absolute atomic E-state index is 12.7. The number of carbonyl (C=O) groups excluding carboxylic acids is 2. The lowest BCUT2D eigenvalue weighted by atomic mass is 9.79. The number of hydrogen-bond donors (Lipinski definition) is 3. The number of nitrogens with two attached hydrogens (primary N) is 1. The molecule has 0 spiro atoms. The van der Waals surface area contributed by atoms with Gasteiger partial charge < -0.3 is 25.4 Å². The number of anilines is 2. The second-order valence-electron chi connectivity index (χ2n) is 14.0. The number of hydrogen-bond acceptors (Lipinski definition) is 10. The van der Waals surface area contributed by atoms with Crippen LogP contribution in [0.2, 0.25) is 0 Å². The summed E-state index contributed by atoms with van der Waals surface area (Å²) in [5, 5.41) is 21.3. The van der Waals surface area contributed by atoms with Crippen molar-refractivity contribution in [1.29, 1.82) is 0 Å². The predicted molar refractivity (Wildman–Crippen MR) is 191 cm³/mol. The lowest BCUT2D eigenvalue weighted by Gasteiger charge is -2.42. The van der Waals surface area contributed by atoms with Gasteiger partial charge in [0.25, 0.3) is 0 Å². The van der Waals surface area contributed by atoms with Crippen LogP contribution in [0.5, 0.6) is 11.5 Å². The van der Waals surface area contributed by atoms with E-state index in [2.05, 4.69) is 60.6 Å². The number of ether oxygens (including phenoxy) is 1. The largest absolute Gasteiger partial charge is 0.507 e. The van der Waals surface area contributed by atoms with E-state index in [0.717, 1.165) is 68.7 Å². The molecule has 4 aliphatic rings. The van der Waals surface area contributed by atoms with E-state index in [0.29, 0.717) is 66.5 Å². The van der Waals surface area contributed by atoms with Gasteiger partial charge in [-0.1, -0.05) is 24.3 Å². The molecule has 0 radical (unpaired) electrons. The van der Waals surface area contributed by atoms with E-state index in [1.165, 1.54) is 11.1 Å². The molecule has 3 fully saturated rings. The van der Waals surface area contributed by atoms with Crippen LogP contribution in [0.3, 0.4) is 0 Å². The second kappa shape index (κ2) is 13.7. The first-order chi connectivity index (χ1) is 24.4. The highest BCUT2D eigenvalue weighted by Gasteiger charge is 2.37. The molecule has 4 N–H and O–H groups in total. The zero-order valence-electron chi connectivity index (χ0n) is 28.1. The van der Waals surface area contributed by atoms with Crippen LogP contribution in [-0.4, -0.2) is 75.3 Å². The highest BCUT2D eigenvalue weighted by molar-refractivity contribution is 6.02. The number of piperidine rings is 2. The summed E-state index contributed by atoms with van der Waals surface area (Å²) in [6, 6.07) is 19.8. The molecule has 2 saturated heterocycles. The van der Waals surface area contributed by atoms with Gasteiger partial charge in [-0.25, -0.2) is 0 Å². The van der Waals surface area contributed by atoms with Crippen molar-refractivity contribution in [2.24, 2.45) is 0 Å². The maximum atomic E-state index is 12.7. The number of likely N-dealkylation sites (tertiary alicyclic amines) is 1. The monoisotopic (exact) mass is 673 g/mol. The molecule has 4 aromatic rings. The predicted octanol–water partition coefficient (Wildman–Crippen LogP) is 5.40. The van der Waals surface area contributed by atoms with E-state index < -0.39 is 0 Å². The molecule has 1 aliphatic carbocycles. The van der Waals surface area contributed by atoms with Gasteiger partial charge in [-0.3, -0.25) is 19.9 Å². The first-order valence-corrected chi connectivity index (χ1v) is 17.9. The van der Waals surface area contributed by atoms with E-state index in [4.69, 9.17) is 10.5 Å². The first-order valence-electron chi connectivity index (χ1n) is 17.9. The topological polar surface area (TPSA) is 147 Å². The fourth-order valence-electron chi connectivity index (χ4n) is 8.54. The SMILES string of the molecule is Nc1nnc(-c2ccccc2O)cc1-c1cc(C2CCN([C@H]3CC[C@H](c4cccc5c4OCCN5[C@@H]4CCC(=O)NC4=O)CC3)CC2)ccn1. The number of benzene rings is 2. The molecule has 1 atom stereocenters. The number of nitrogens with zero attached hydrogens (tertiary/aromatic N) is 5. The summed E-state index contributed by atoms with van der Waals surface area (Å²) in [5.74, 6) is 1.85. The maximum Gasteiger partial charge on any atom is 0.249 e. The Balaban J connectivity index is 0.897. The van der Waals surface area contributed by atoms with Crippen molar-refractivity contribution in [1.82, 2.24) is 25.4 Å². The van der Waals surface area contributed by atoms with Gasteiger partial charge in [0.15, 0.2) is 5.82 Å². The molecule has 0 unspecified atom stereocenters. The van der Waals surface area contributed by atoms with Crippen LogP contribution in [0, 0.1) is 0 Å². The van der Waals surface area contributed by atoms with Crippen LogP contribution in [0.1, 0.15) is 74.3 Å². The number of fused-ring (bicyclic) bond motifs is 1.